The molecule has 24 heavy (non-hydrogen) atoms. The molecule has 0 saturated heterocycles. The molecule has 2 aromatic rings. The van der Waals surface area contributed by atoms with Crippen LogP contribution in [0.3, 0.4) is 0 Å². The number of ether oxygens (including phenoxy) is 2. The van der Waals surface area contributed by atoms with Crippen LogP contribution in [0.15, 0.2) is 48.5 Å². The molecule has 0 aliphatic carbocycles. The summed E-state index contributed by atoms with van der Waals surface area (Å²) in [7, 11) is 1.66. The highest BCUT2D eigenvalue weighted by molar-refractivity contribution is 6.37. The molecule has 1 aromatic heterocycles. The second-order valence-electron chi connectivity index (χ2n) is 6.47. The molecule has 2 rings (SSSR count). The zero-order chi connectivity index (χ0) is 17.7. The van der Waals surface area contributed by atoms with Crippen LogP contribution in [-0.4, -0.2) is 18.2 Å². The summed E-state index contributed by atoms with van der Waals surface area (Å²) < 4.78 is 11.8. The molecule has 0 fully saturated rings. The lowest BCUT2D eigenvalue weighted by molar-refractivity contribution is 0.0208. The fourth-order valence-corrected chi connectivity index (χ4v) is 2.85. The molecule has 0 saturated carbocycles. The monoisotopic (exact) mass is 365 g/mol. The van der Waals surface area contributed by atoms with E-state index in [0.29, 0.717) is 21.6 Å². The van der Waals surface area contributed by atoms with Crippen molar-refractivity contribution in [2.45, 2.75) is 26.9 Å². The van der Waals surface area contributed by atoms with Gasteiger partial charge in [0.1, 0.15) is 11.9 Å². The molecular formula is C19H21Cl2NO2. The fraction of sp³-hybridized carbons (Fsp3) is 0.316. The number of hydrogen-bond acceptors (Lipinski definition) is 3. The van der Waals surface area contributed by atoms with Gasteiger partial charge in [-0.25, -0.2) is 0 Å². The maximum Gasteiger partial charge on any atom is 0.164 e. The summed E-state index contributed by atoms with van der Waals surface area (Å²) in [4.78, 5) is 4.13. The summed E-state index contributed by atoms with van der Waals surface area (Å²) in [6.45, 7) is 6.24. The van der Waals surface area contributed by atoms with E-state index >= 15 is 0 Å². The molecule has 1 aromatic carbocycles. The van der Waals surface area contributed by atoms with Crippen LogP contribution in [0.5, 0.6) is 5.75 Å². The number of rotatable bonds is 5. The number of halogens is 2. The maximum atomic E-state index is 6.25. The van der Waals surface area contributed by atoms with Gasteiger partial charge in [-0.05, 0) is 35.3 Å². The van der Waals surface area contributed by atoms with E-state index < -0.39 is 0 Å². The zero-order valence-corrected chi connectivity index (χ0v) is 15.7. The van der Waals surface area contributed by atoms with Crippen LogP contribution in [0.25, 0.3) is 6.08 Å². The van der Waals surface area contributed by atoms with Crippen LogP contribution in [0, 0.1) is 5.41 Å². The smallest absolute Gasteiger partial charge is 0.164 e. The van der Waals surface area contributed by atoms with E-state index in [-0.39, 0.29) is 11.5 Å². The summed E-state index contributed by atoms with van der Waals surface area (Å²) in [5.41, 5.74) is 0.721. The number of para-hydroxylation sites is 1. The van der Waals surface area contributed by atoms with Crippen molar-refractivity contribution in [3.8, 4) is 5.75 Å². The van der Waals surface area contributed by atoms with E-state index in [4.69, 9.17) is 32.7 Å². The van der Waals surface area contributed by atoms with Crippen molar-refractivity contribution >= 4 is 29.3 Å². The van der Waals surface area contributed by atoms with Gasteiger partial charge in [0.15, 0.2) is 5.75 Å². The second-order valence-corrected chi connectivity index (χ2v) is 7.28. The highest BCUT2D eigenvalue weighted by Crippen LogP contribution is 2.37. The molecule has 1 heterocycles. The lowest BCUT2D eigenvalue weighted by Gasteiger charge is -2.31. The molecule has 0 N–H and O–H groups in total. The van der Waals surface area contributed by atoms with Crippen LogP contribution in [0.2, 0.25) is 10.0 Å². The molecule has 0 radical (unpaired) electrons. The van der Waals surface area contributed by atoms with Crippen LogP contribution < -0.4 is 4.74 Å². The molecule has 5 heteroatoms. The minimum atomic E-state index is -0.287. The van der Waals surface area contributed by atoms with Crippen molar-refractivity contribution in [3.63, 3.8) is 0 Å². The van der Waals surface area contributed by atoms with E-state index in [2.05, 4.69) is 25.8 Å². The minimum absolute atomic E-state index is 0.184. The highest BCUT2D eigenvalue weighted by Gasteiger charge is 2.30. The topological polar surface area (TPSA) is 31.4 Å². The molecule has 0 aliphatic rings. The lowest BCUT2D eigenvalue weighted by atomic mass is 9.87. The molecule has 0 spiro atoms. The van der Waals surface area contributed by atoms with Gasteiger partial charge in [-0.3, -0.25) is 4.98 Å². The number of nitrogens with zero attached hydrogens (tertiary/aromatic N) is 1. The Kier molecular flexibility index (Phi) is 6.27. The Morgan fingerprint density at radius 3 is 2.29 bits per heavy atom. The van der Waals surface area contributed by atoms with E-state index in [0.717, 1.165) is 5.56 Å². The Hall–Kier alpha value is -1.55. The highest BCUT2D eigenvalue weighted by atomic mass is 35.5. The number of pyridine rings is 1. The van der Waals surface area contributed by atoms with Crippen molar-refractivity contribution < 1.29 is 9.47 Å². The standard InChI is InChI=1S/C19H21Cl2NO2/c1-19(2,3)18(23-4)16(11-13-7-6-10-22-12-13)24-17-14(20)8-5-9-15(17)21/h5-12,18H,1-4H3/b16-11+. The summed E-state index contributed by atoms with van der Waals surface area (Å²) in [6.07, 6.45) is 5.09. The SMILES string of the molecule is COC(/C(=C\c1cccnc1)Oc1c(Cl)cccc1Cl)C(C)(C)C. The third kappa shape index (κ3) is 4.73. The predicted molar refractivity (Wildman–Crippen MR) is 99.6 cm³/mol. The molecule has 3 nitrogen and oxygen atoms in total. The van der Waals surface area contributed by atoms with Gasteiger partial charge in [0.2, 0.25) is 0 Å². The summed E-state index contributed by atoms with van der Waals surface area (Å²) in [6, 6.07) is 9.07. The van der Waals surface area contributed by atoms with Gasteiger partial charge in [-0.1, -0.05) is 56.1 Å². The molecule has 1 atom stereocenters. The van der Waals surface area contributed by atoms with Gasteiger partial charge in [0.05, 0.1) is 10.0 Å². The summed E-state index contributed by atoms with van der Waals surface area (Å²) in [5.74, 6) is 1.04. The van der Waals surface area contributed by atoms with E-state index in [1.807, 2.05) is 18.2 Å². The Labute approximate surface area is 153 Å². The molecule has 1 unspecified atom stereocenters. The van der Waals surface area contributed by atoms with E-state index in [1.54, 1.807) is 37.7 Å². The predicted octanol–water partition coefficient (Wildman–Crippen LogP) is 5.87. The third-order valence-electron chi connectivity index (χ3n) is 3.41. The van der Waals surface area contributed by atoms with Crippen LogP contribution >= 0.6 is 23.2 Å². The van der Waals surface area contributed by atoms with E-state index in [9.17, 15) is 0 Å². The first-order valence-electron chi connectivity index (χ1n) is 7.59. The van der Waals surface area contributed by atoms with E-state index in [1.165, 1.54) is 0 Å². The molecular weight excluding hydrogens is 345 g/mol. The lowest BCUT2D eigenvalue weighted by Crippen LogP contribution is -2.32. The van der Waals surface area contributed by atoms with Gasteiger partial charge < -0.3 is 9.47 Å². The quantitative estimate of drug-likeness (QED) is 0.620. The van der Waals surface area contributed by atoms with Crippen molar-refractivity contribution in [1.29, 1.82) is 0 Å². The second kappa shape index (κ2) is 8.02. The van der Waals surface area contributed by atoms with Crippen molar-refractivity contribution in [1.82, 2.24) is 4.98 Å². The molecule has 0 bridgehead atoms. The van der Waals surface area contributed by atoms with Crippen LogP contribution in [-0.2, 0) is 4.74 Å². The Morgan fingerprint density at radius 1 is 1.12 bits per heavy atom. The maximum absolute atomic E-state index is 6.25. The number of aromatic nitrogens is 1. The van der Waals surface area contributed by atoms with Gasteiger partial charge >= 0.3 is 0 Å². The van der Waals surface area contributed by atoms with Gasteiger partial charge in [0, 0.05) is 19.5 Å². The average molecular weight is 366 g/mol. The Balaban J connectivity index is 2.49. The first-order chi connectivity index (χ1) is 11.3. The zero-order valence-electron chi connectivity index (χ0n) is 14.2. The first kappa shape index (κ1) is 18.8. The van der Waals surface area contributed by atoms with Crippen molar-refractivity contribution in [3.05, 3.63) is 64.1 Å². The van der Waals surface area contributed by atoms with Crippen molar-refractivity contribution in [2.24, 2.45) is 5.41 Å². The van der Waals surface area contributed by atoms with Crippen LogP contribution in [0.1, 0.15) is 26.3 Å². The van der Waals surface area contributed by atoms with Gasteiger partial charge in [-0.15, -0.1) is 0 Å². The van der Waals surface area contributed by atoms with Gasteiger partial charge in [-0.2, -0.15) is 0 Å². The Morgan fingerprint density at radius 2 is 1.79 bits per heavy atom. The molecule has 128 valence electrons. The largest absolute Gasteiger partial charge is 0.456 e. The average Bonchev–Trinajstić information content (AvgIpc) is 2.51. The summed E-state index contributed by atoms with van der Waals surface area (Å²) >= 11 is 12.5. The number of benzene rings is 1. The number of hydrogen-bond donors (Lipinski definition) is 0. The fourth-order valence-electron chi connectivity index (χ4n) is 2.38. The summed E-state index contributed by atoms with van der Waals surface area (Å²) in [5, 5.41) is 0.895. The van der Waals surface area contributed by atoms with Gasteiger partial charge in [0.25, 0.3) is 0 Å². The van der Waals surface area contributed by atoms with Crippen molar-refractivity contribution in [2.75, 3.05) is 7.11 Å². The molecule has 0 aliphatic heterocycles. The normalized spacial score (nSPS) is 13.7. The van der Waals surface area contributed by atoms with Crippen LogP contribution in [0.4, 0.5) is 0 Å². The third-order valence-corrected chi connectivity index (χ3v) is 4.01. The number of methoxy groups -OCH3 is 1. The minimum Gasteiger partial charge on any atom is -0.456 e. The molecule has 0 amide bonds. The Bertz CT molecular complexity index is 689. The first-order valence-corrected chi connectivity index (χ1v) is 8.35.